The highest BCUT2D eigenvalue weighted by atomic mass is 16.2. The molecule has 0 unspecified atom stereocenters. The van der Waals surface area contributed by atoms with Gasteiger partial charge in [-0.15, -0.1) is 0 Å². The Labute approximate surface area is 149 Å². The molecular formula is C17H31N5O3. The van der Waals surface area contributed by atoms with Gasteiger partial charge in [0.05, 0.1) is 12.6 Å². The molecule has 3 N–H and O–H groups in total. The summed E-state index contributed by atoms with van der Waals surface area (Å²) < 4.78 is 0. The van der Waals surface area contributed by atoms with Crippen molar-refractivity contribution in [2.45, 2.75) is 58.2 Å². The maximum absolute atomic E-state index is 12.2. The van der Waals surface area contributed by atoms with Gasteiger partial charge in [-0.2, -0.15) is 0 Å². The number of nitrogens with zero attached hydrogens (tertiary/aromatic N) is 2. The van der Waals surface area contributed by atoms with Crippen LogP contribution in [-0.4, -0.2) is 78.0 Å². The van der Waals surface area contributed by atoms with Crippen molar-refractivity contribution >= 4 is 17.8 Å². The van der Waals surface area contributed by atoms with E-state index in [4.69, 9.17) is 0 Å². The van der Waals surface area contributed by atoms with E-state index >= 15 is 0 Å². The van der Waals surface area contributed by atoms with Gasteiger partial charge >= 0.3 is 6.03 Å². The van der Waals surface area contributed by atoms with E-state index in [2.05, 4.69) is 20.9 Å². The molecule has 8 heteroatoms. The average molecular weight is 353 g/mol. The summed E-state index contributed by atoms with van der Waals surface area (Å²) in [6.07, 6.45) is 1.98. The molecule has 1 aliphatic heterocycles. The monoisotopic (exact) mass is 353 g/mol. The van der Waals surface area contributed by atoms with Gasteiger partial charge in [-0.25, -0.2) is 4.79 Å². The first kappa shape index (κ1) is 19.7. The van der Waals surface area contributed by atoms with Crippen LogP contribution in [0, 0.1) is 0 Å². The molecule has 0 aromatic rings. The van der Waals surface area contributed by atoms with Gasteiger partial charge in [0, 0.05) is 37.8 Å². The standard InChI is InChI=1S/C17H31N5O3/c1-12(15(24)19-16(25)18-13-5-6-13)22-9-7-21(8-10-22)11-14(23)20-17(2,3)4/h12-13H,5-11H2,1-4H3,(H,20,23)(H2,18,19,24,25)/t12-/m0/s1. The van der Waals surface area contributed by atoms with Crippen molar-refractivity contribution < 1.29 is 14.4 Å². The lowest BCUT2D eigenvalue weighted by molar-refractivity contribution is -0.127. The fourth-order valence-corrected chi connectivity index (χ4v) is 2.80. The van der Waals surface area contributed by atoms with E-state index in [1.807, 2.05) is 32.6 Å². The lowest BCUT2D eigenvalue weighted by atomic mass is 10.1. The lowest BCUT2D eigenvalue weighted by Crippen LogP contribution is -2.57. The van der Waals surface area contributed by atoms with Gasteiger partial charge in [0.25, 0.3) is 0 Å². The van der Waals surface area contributed by atoms with Crippen molar-refractivity contribution in [3.05, 3.63) is 0 Å². The second-order valence-corrected chi connectivity index (χ2v) is 8.02. The number of nitrogens with one attached hydrogen (secondary N) is 3. The van der Waals surface area contributed by atoms with Crippen LogP contribution in [0.4, 0.5) is 4.79 Å². The number of amides is 4. The third-order valence-corrected chi connectivity index (χ3v) is 4.36. The van der Waals surface area contributed by atoms with Crippen LogP contribution in [0.5, 0.6) is 0 Å². The summed E-state index contributed by atoms with van der Waals surface area (Å²) in [5.74, 6) is -0.263. The highest BCUT2D eigenvalue weighted by molar-refractivity contribution is 5.97. The Morgan fingerprint density at radius 1 is 1.08 bits per heavy atom. The Bertz CT molecular complexity index is 505. The zero-order chi connectivity index (χ0) is 18.6. The van der Waals surface area contributed by atoms with Crippen LogP contribution >= 0.6 is 0 Å². The van der Waals surface area contributed by atoms with Crippen LogP contribution < -0.4 is 16.0 Å². The molecular weight excluding hydrogens is 322 g/mol. The molecule has 2 fully saturated rings. The summed E-state index contributed by atoms with van der Waals surface area (Å²) in [6, 6.07) is -0.543. The SMILES string of the molecule is C[C@@H](C(=O)NC(=O)NC1CC1)N1CCN(CC(=O)NC(C)(C)C)CC1. The molecule has 2 aliphatic rings. The number of urea groups is 1. The largest absolute Gasteiger partial charge is 0.350 e. The molecule has 0 aromatic carbocycles. The molecule has 2 rings (SSSR count). The normalized spacial score (nSPS) is 20.6. The molecule has 1 saturated carbocycles. The Morgan fingerprint density at radius 2 is 1.68 bits per heavy atom. The number of carbonyl (C=O) groups excluding carboxylic acids is 3. The molecule has 8 nitrogen and oxygen atoms in total. The molecule has 1 aliphatic carbocycles. The smallest absolute Gasteiger partial charge is 0.321 e. The van der Waals surface area contributed by atoms with Crippen molar-refractivity contribution in [1.82, 2.24) is 25.8 Å². The second kappa shape index (κ2) is 8.14. The third kappa shape index (κ3) is 6.99. The van der Waals surface area contributed by atoms with Crippen LogP contribution in [-0.2, 0) is 9.59 Å². The topological polar surface area (TPSA) is 93.8 Å². The van der Waals surface area contributed by atoms with E-state index in [1.165, 1.54) is 0 Å². The Kier molecular flexibility index (Phi) is 6.40. The van der Waals surface area contributed by atoms with Crippen LogP contribution in [0.25, 0.3) is 0 Å². The predicted octanol–water partition coefficient (Wildman–Crippen LogP) is -0.105. The van der Waals surface area contributed by atoms with E-state index in [9.17, 15) is 14.4 Å². The summed E-state index contributed by atoms with van der Waals surface area (Å²) in [6.45, 7) is 10.9. The van der Waals surface area contributed by atoms with Crippen LogP contribution in [0.15, 0.2) is 0 Å². The number of imide groups is 1. The highest BCUT2D eigenvalue weighted by Crippen LogP contribution is 2.18. The van der Waals surface area contributed by atoms with Gasteiger partial charge in [0.1, 0.15) is 0 Å². The first-order chi connectivity index (χ1) is 11.6. The third-order valence-electron chi connectivity index (χ3n) is 4.36. The molecule has 1 atom stereocenters. The minimum Gasteiger partial charge on any atom is -0.350 e. The zero-order valence-corrected chi connectivity index (χ0v) is 15.7. The van der Waals surface area contributed by atoms with Crippen LogP contribution in [0.3, 0.4) is 0 Å². The summed E-state index contributed by atoms with van der Waals surface area (Å²) in [4.78, 5) is 40.0. The first-order valence-corrected chi connectivity index (χ1v) is 9.03. The molecule has 0 bridgehead atoms. The molecule has 1 heterocycles. The number of hydrogen-bond donors (Lipinski definition) is 3. The molecule has 0 radical (unpaired) electrons. The van der Waals surface area contributed by atoms with Crippen molar-refractivity contribution in [2.24, 2.45) is 0 Å². The van der Waals surface area contributed by atoms with E-state index in [-0.39, 0.29) is 29.4 Å². The number of rotatable bonds is 5. The maximum Gasteiger partial charge on any atom is 0.321 e. The van der Waals surface area contributed by atoms with E-state index in [0.717, 1.165) is 25.9 Å². The summed E-state index contributed by atoms with van der Waals surface area (Å²) in [5.41, 5.74) is -0.230. The Morgan fingerprint density at radius 3 is 2.20 bits per heavy atom. The van der Waals surface area contributed by atoms with Gasteiger partial charge in [-0.3, -0.25) is 24.7 Å². The van der Waals surface area contributed by atoms with Gasteiger partial charge in [-0.05, 0) is 40.5 Å². The van der Waals surface area contributed by atoms with E-state index in [0.29, 0.717) is 19.6 Å². The number of hydrogen-bond acceptors (Lipinski definition) is 5. The highest BCUT2D eigenvalue weighted by Gasteiger charge is 2.29. The van der Waals surface area contributed by atoms with E-state index < -0.39 is 6.03 Å². The zero-order valence-electron chi connectivity index (χ0n) is 15.7. The Balaban J connectivity index is 1.70. The minimum absolute atomic E-state index is 0.0171. The predicted molar refractivity (Wildman–Crippen MR) is 95.1 cm³/mol. The number of carbonyl (C=O) groups is 3. The molecule has 1 saturated heterocycles. The summed E-state index contributed by atoms with van der Waals surface area (Å²) in [7, 11) is 0. The second-order valence-electron chi connectivity index (χ2n) is 8.02. The minimum atomic E-state index is -0.406. The van der Waals surface area contributed by atoms with Crippen LogP contribution in [0.2, 0.25) is 0 Å². The maximum atomic E-state index is 12.2. The van der Waals surface area contributed by atoms with Crippen molar-refractivity contribution in [2.75, 3.05) is 32.7 Å². The summed E-state index contributed by atoms with van der Waals surface area (Å²) >= 11 is 0. The fraction of sp³-hybridized carbons (Fsp3) is 0.824. The molecule has 4 amide bonds. The van der Waals surface area contributed by atoms with Crippen molar-refractivity contribution in [3.8, 4) is 0 Å². The van der Waals surface area contributed by atoms with Gasteiger partial charge in [0.2, 0.25) is 11.8 Å². The van der Waals surface area contributed by atoms with Gasteiger partial charge in [0.15, 0.2) is 0 Å². The molecule has 25 heavy (non-hydrogen) atoms. The van der Waals surface area contributed by atoms with Gasteiger partial charge in [-0.1, -0.05) is 0 Å². The Hall–Kier alpha value is -1.67. The lowest BCUT2D eigenvalue weighted by Gasteiger charge is -2.37. The van der Waals surface area contributed by atoms with Crippen molar-refractivity contribution in [1.29, 1.82) is 0 Å². The quantitative estimate of drug-likeness (QED) is 0.641. The molecule has 142 valence electrons. The van der Waals surface area contributed by atoms with Crippen molar-refractivity contribution in [3.63, 3.8) is 0 Å². The van der Waals surface area contributed by atoms with Crippen LogP contribution in [0.1, 0.15) is 40.5 Å². The first-order valence-electron chi connectivity index (χ1n) is 9.03. The average Bonchev–Trinajstić information content (AvgIpc) is 3.28. The molecule has 0 spiro atoms. The summed E-state index contributed by atoms with van der Waals surface area (Å²) in [5, 5.41) is 8.11. The van der Waals surface area contributed by atoms with E-state index in [1.54, 1.807) is 0 Å². The fourth-order valence-electron chi connectivity index (χ4n) is 2.80. The number of piperazine rings is 1. The van der Waals surface area contributed by atoms with Gasteiger partial charge < -0.3 is 10.6 Å². The molecule has 0 aromatic heterocycles.